The lowest BCUT2D eigenvalue weighted by atomic mass is 10.3. The van der Waals surface area contributed by atoms with Gasteiger partial charge in [0, 0.05) is 12.7 Å². The van der Waals surface area contributed by atoms with Crippen LogP contribution in [0.25, 0.3) is 0 Å². The van der Waals surface area contributed by atoms with E-state index in [4.69, 9.17) is 9.16 Å². The fourth-order valence-corrected chi connectivity index (χ4v) is 2.22. The van der Waals surface area contributed by atoms with Crippen LogP contribution in [0.1, 0.15) is 20.3 Å². The number of rotatable bonds is 6. The van der Waals surface area contributed by atoms with E-state index in [9.17, 15) is 4.79 Å². The minimum Gasteiger partial charge on any atom is -0.462 e. The van der Waals surface area contributed by atoms with E-state index in [0.29, 0.717) is 17.7 Å². The summed E-state index contributed by atoms with van der Waals surface area (Å²) in [4.78, 5) is 11.1. The first-order valence-electron chi connectivity index (χ1n) is 5.19. The zero-order valence-electron chi connectivity index (χ0n) is 10.4. The van der Waals surface area contributed by atoms with Gasteiger partial charge in [0.25, 0.3) is 0 Å². The van der Waals surface area contributed by atoms with Crippen molar-refractivity contribution in [3.05, 3.63) is 12.2 Å². The molecule has 0 fully saturated rings. The van der Waals surface area contributed by atoms with Crippen molar-refractivity contribution in [2.24, 2.45) is 0 Å². The minimum absolute atomic E-state index is 0.306. The predicted octanol–water partition coefficient (Wildman–Crippen LogP) is 2.74. The van der Waals surface area contributed by atoms with Gasteiger partial charge in [-0.2, -0.15) is 0 Å². The van der Waals surface area contributed by atoms with Crippen LogP contribution in [0.15, 0.2) is 12.2 Å². The van der Waals surface area contributed by atoms with Crippen LogP contribution in [-0.4, -0.2) is 28.0 Å². The fourth-order valence-electron chi connectivity index (χ4n) is 1.00. The maximum absolute atomic E-state index is 11.1. The Hall–Kier alpha value is -0.613. The highest BCUT2D eigenvalue weighted by atomic mass is 28.4. The molecule has 0 radical (unpaired) electrons. The van der Waals surface area contributed by atoms with E-state index in [-0.39, 0.29) is 5.97 Å². The lowest BCUT2D eigenvalue weighted by Crippen LogP contribution is -2.34. The Morgan fingerprint density at radius 3 is 2.40 bits per heavy atom. The maximum atomic E-state index is 11.1. The normalized spacial score (nSPS) is 13.4. The first kappa shape index (κ1) is 14.4. The van der Waals surface area contributed by atoms with E-state index in [2.05, 4.69) is 26.6 Å². The molecule has 0 aliphatic carbocycles. The second-order valence-corrected chi connectivity index (χ2v) is 9.01. The van der Waals surface area contributed by atoms with E-state index in [0.717, 1.165) is 6.42 Å². The monoisotopic (exact) mass is 230 g/mol. The second-order valence-electron chi connectivity index (χ2n) is 4.41. The van der Waals surface area contributed by atoms with Gasteiger partial charge in [0.05, 0.1) is 6.61 Å². The molecule has 0 aromatic rings. The van der Waals surface area contributed by atoms with Crippen LogP contribution in [0.5, 0.6) is 0 Å². The molecule has 0 saturated heterocycles. The quantitative estimate of drug-likeness (QED) is 0.400. The molecule has 0 heterocycles. The summed E-state index contributed by atoms with van der Waals surface area (Å²) in [6.07, 6.45) is 0.853. The highest BCUT2D eigenvalue weighted by Gasteiger charge is 2.28. The van der Waals surface area contributed by atoms with Gasteiger partial charge in [0.1, 0.15) is 0 Å². The molecule has 4 heteroatoms. The Labute approximate surface area is 93.6 Å². The topological polar surface area (TPSA) is 35.5 Å². The lowest BCUT2D eigenvalue weighted by Gasteiger charge is -2.27. The van der Waals surface area contributed by atoms with Crippen molar-refractivity contribution >= 4 is 14.3 Å². The third-order valence-corrected chi connectivity index (χ3v) is 6.56. The van der Waals surface area contributed by atoms with Crippen molar-refractivity contribution in [1.82, 2.24) is 0 Å². The van der Waals surface area contributed by atoms with E-state index in [1.807, 2.05) is 0 Å². The molecule has 0 rings (SSSR count). The molecule has 1 unspecified atom stereocenters. The van der Waals surface area contributed by atoms with Crippen LogP contribution in [0.4, 0.5) is 0 Å². The van der Waals surface area contributed by atoms with Gasteiger partial charge in [0.15, 0.2) is 8.32 Å². The average Bonchev–Trinajstić information content (AvgIpc) is 2.17. The van der Waals surface area contributed by atoms with Crippen LogP contribution < -0.4 is 0 Å². The van der Waals surface area contributed by atoms with E-state index in [1.165, 1.54) is 0 Å². The Morgan fingerprint density at radius 2 is 2.00 bits per heavy atom. The molecule has 0 aliphatic rings. The molecule has 15 heavy (non-hydrogen) atoms. The largest absolute Gasteiger partial charge is 0.462 e. The molecule has 0 bridgehead atoms. The second kappa shape index (κ2) is 6.08. The van der Waals surface area contributed by atoms with E-state index in [1.54, 1.807) is 14.0 Å². The number of hydrogen-bond acceptors (Lipinski definition) is 3. The van der Waals surface area contributed by atoms with Crippen LogP contribution in [0.2, 0.25) is 18.6 Å². The van der Waals surface area contributed by atoms with Crippen molar-refractivity contribution in [1.29, 1.82) is 0 Å². The number of ether oxygens (including phenoxy) is 1. The molecule has 0 spiro atoms. The van der Waals surface area contributed by atoms with E-state index >= 15 is 0 Å². The molecule has 0 aliphatic heterocycles. The summed E-state index contributed by atoms with van der Waals surface area (Å²) in [5.74, 6) is -0.306. The summed E-state index contributed by atoms with van der Waals surface area (Å²) in [6.45, 7) is 12.1. The zero-order valence-corrected chi connectivity index (χ0v) is 11.4. The summed E-state index contributed by atoms with van der Waals surface area (Å²) in [6, 6.07) is 0. The molecular weight excluding hydrogens is 208 g/mol. The van der Waals surface area contributed by atoms with E-state index < -0.39 is 8.32 Å². The standard InChI is InChI=1S/C11H22O3Si/c1-9(2)11(12)14-8-7-10(3)15(5,6)13-4/h10H,1,7-8H2,2-6H3. The molecule has 3 nitrogen and oxygen atoms in total. The lowest BCUT2D eigenvalue weighted by molar-refractivity contribution is -0.139. The summed E-state index contributed by atoms with van der Waals surface area (Å²) in [5.41, 5.74) is 0.923. The Bertz CT molecular complexity index is 236. The number of hydrogen-bond donors (Lipinski definition) is 0. The van der Waals surface area contributed by atoms with Crippen molar-refractivity contribution in [3.8, 4) is 0 Å². The molecule has 0 aromatic carbocycles. The average molecular weight is 230 g/mol. The number of carbonyl (C=O) groups is 1. The summed E-state index contributed by atoms with van der Waals surface area (Å²) in [5, 5.41) is 0. The van der Waals surface area contributed by atoms with Crippen LogP contribution in [0.3, 0.4) is 0 Å². The van der Waals surface area contributed by atoms with Gasteiger partial charge in [-0.05, 0) is 32.0 Å². The fraction of sp³-hybridized carbons (Fsp3) is 0.727. The molecule has 0 saturated carbocycles. The Kier molecular flexibility index (Phi) is 5.83. The third kappa shape index (κ3) is 5.13. The van der Waals surface area contributed by atoms with Gasteiger partial charge in [-0.3, -0.25) is 0 Å². The molecule has 1 atom stereocenters. The highest BCUT2D eigenvalue weighted by Crippen LogP contribution is 2.25. The molecule has 0 N–H and O–H groups in total. The number of esters is 1. The van der Waals surface area contributed by atoms with Crippen LogP contribution in [0, 0.1) is 0 Å². The van der Waals surface area contributed by atoms with Gasteiger partial charge in [0.2, 0.25) is 0 Å². The summed E-state index contributed by atoms with van der Waals surface area (Å²) >= 11 is 0. The summed E-state index contributed by atoms with van der Waals surface area (Å²) in [7, 11) is 0.159. The number of carbonyl (C=O) groups excluding carboxylic acids is 1. The molecule has 0 amide bonds. The third-order valence-electron chi connectivity index (χ3n) is 2.85. The molecular formula is C11H22O3Si. The maximum Gasteiger partial charge on any atom is 0.333 e. The van der Waals surface area contributed by atoms with Crippen molar-refractivity contribution in [2.45, 2.75) is 38.9 Å². The van der Waals surface area contributed by atoms with Gasteiger partial charge < -0.3 is 9.16 Å². The van der Waals surface area contributed by atoms with Gasteiger partial charge in [-0.25, -0.2) is 4.79 Å². The van der Waals surface area contributed by atoms with Crippen LogP contribution in [-0.2, 0) is 14.0 Å². The first-order valence-corrected chi connectivity index (χ1v) is 8.17. The minimum atomic E-state index is -1.59. The predicted molar refractivity (Wildman–Crippen MR) is 64.3 cm³/mol. The zero-order chi connectivity index (χ0) is 12.1. The van der Waals surface area contributed by atoms with Crippen molar-refractivity contribution in [3.63, 3.8) is 0 Å². The molecule has 88 valence electrons. The highest BCUT2D eigenvalue weighted by molar-refractivity contribution is 6.72. The summed E-state index contributed by atoms with van der Waals surface area (Å²) < 4.78 is 10.5. The van der Waals surface area contributed by atoms with Crippen LogP contribution >= 0.6 is 0 Å². The SMILES string of the molecule is C=C(C)C(=O)OCCC(C)[Si](C)(C)OC. The van der Waals surface area contributed by atoms with Crippen molar-refractivity contribution < 1.29 is 14.0 Å². The first-order chi connectivity index (χ1) is 6.81. The Morgan fingerprint density at radius 1 is 1.47 bits per heavy atom. The van der Waals surface area contributed by atoms with Gasteiger partial charge in [-0.1, -0.05) is 13.5 Å². The van der Waals surface area contributed by atoms with Gasteiger partial charge >= 0.3 is 5.97 Å². The molecule has 0 aromatic heterocycles. The van der Waals surface area contributed by atoms with Gasteiger partial charge in [-0.15, -0.1) is 0 Å². The smallest absolute Gasteiger partial charge is 0.333 e. The Balaban J connectivity index is 3.87. The van der Waals surface area contributed by atoms with Crippen molar-refractivity contribution in [2.75, 3.05) is 13.7 Å².